The molecule has 1 saturated heterocycles. The molecule has 0 aliphatic carbocycles. The fourth-order valence-electron chi connectivity index (χ4n) is 2.99. The van der Waals surface area contributed by atoms with E-state index >= 15 is 0 Å². The van der Waals surface area contributed by atoms with E-state index in [2.05, 4.69) is 25.7 Å². The summed E-state index contributed by atoms with van der Waals surface area (Å²) in [5, 5.41) is 0. The number of halogens is 1. The van der Waals surface area contributed by atoms with E-state index in [1.165, 1.54) is 5.69 Å². The molecule has 1 aliphatic heterocycles. The standard InChI is InChI=1S/C20H23BrN2O2/c1-16(24)17-5-7-19(8-6-17)23-11-9-22(10-12-23)13-14-25-20-4-2-3-18(21)15-20/h2-8,15H,9-14H2,1H3. The number of anilines is 1. The van der Waals surface area contributed by atoms with Crippen molar-refractivity contribution in [2.24, 2.45) is 0 Å². The van der Waals surface area contributed by atoms with Crippen molar-refractivity contribution in [3.8, 4) is 5.75 Å². The molecule has 5 heteroatoms. The van der Waals surface area contributed by atoms with Crippen molar-refractivity contribution < 1.29 is 9.53 Å². The summed E-state index contributed by atoms with van der Waals surface area (Å²) in [6.45, 7) is 7.27. The van der Waals surface area contributed by atoms with E-state index in [4.69, 9.17) is 4.74 Å². The van der Waals surface area contributed by atoms with Gasteiger partial charge in [-0.25, -0.2) is 0 Å². The molecule has 132 valence electrons. The number of ether oxygens (including phenoxy) is 1. The zero-order chi connectivity index (χ0) is 17.6. The van der Waals surface area contributed by atoms with Crippen molar-refractivity contribution in [2.75, 3.05) is 44.2 Å². The molecule has 1 heterocycles. The van der Waals surface area contributed by atoms with Crippen molar-refractivity contribution in [1.82, 2.24) is 4.90 Å². The molecular weight excluding hydrogens is 380 g/mol. The van der Waals surface area contributed by atoms with Crippen LogP contribution < -0.4 is 9.64 Å². The van der Waals surface area contributed by atoms with Gasteiger partial charge in [-0.2, -0.15) is 0 Å². The van der Waals surface area contributed by atoms with Crippen molar-refractivity contribution in [1.29, 1.82) is 0 Å². The van der Waals surface area contributed by atoms with Crippen LogP contribution in [-0.4, -0.2) is 50.0 Å². The fourth-order valence-corrected chi connectivity index (χ4v) is 3.36. The van der Waals surface area contributed by atoms with E-state index in [-0.39, 0.29) is 5.78 Å². The molecule has 25 heavy (non-hydrogen) atoms. The average Bonchev–Trinajstić information content (AvgIpc) is 2.62. The van der Waals surface area contributed by atoms with Crippen LogP contribution in [0.2, 0.25) is 0 Å². The number of rotatable bonds is 6. The molecule has 0 aromatic heterocycles. The summed E-state index contributed by atoms with van der Waals surface area (Å²) in [6, 6.07) is 15.9. The molecule has 2 aromatic carbocycles. The molecule has 0 spiro atoms. The number of carbonyl (C=O) groups excluding carboxylic acids is 1. The summed E-state index contributed by atoms with van der Waals surface area (Å²) >= 11 is 3.46. The van der Waals surface area contributed by atoms with Gasteiger partial charge in [-0.15, -0.1) is 0 Å². The lowest BCUT2D eigenvalue weighted by atomic mass is 10.1. The molecule has 4 nitrogen and oxygen atoms in total. The Morgan fingerprint density at radius 2 is 1.80 bits per heavy atom. The van der Waals surface area contributed by atoms with Crippen molar-refractivity contribution >= 4 is 27.4 Å². The normalized spacial score (nSPS) is 15.2. The second kappa shape index (κ2) is 8.50. The molecule has 0 radical (unpaired) electrons. The van der Waals surface area contributed by atoms with Crippen LogP contribution >= 0.6 is 15.9 Å². The van der Waals surface area contributed by atoms with E-state index < -0.39 is 0 Å². The quantitative estimate of drug-likeness (QED) is 0.686. The first-order chi connectivity index (χ1) is 12.1. The van der Waals surface area contributed by atoms with Gasteiger partial charge < -0.3 is 9.64 Å². The van der Waals surface area contributed by atoms with Crippen molar-refractivity contribution in [3.63, 3.8) is 0 Å². The Balaban J connectivity index is 1.43. The predicted octanol–water partition coefficient (Wildman–Crippen LogP) is 3.85. The zero-order valence-electron chi connectivity index (χ0n) is 14.5. The lowest BCUT2D eigenvalue weighted by Gasteiger charge is -2.36. The molecule has 1 aliphatic rings. The maximum Gasteiger partial charge on any atom is 0.159 e. The SMILES string of the molecule is CC(=O)c1ccc(N2CCN(CCOc3cccc(Br)c3)CC2)cc1. The van der Waals surface area contributed by atoms with E-state index in [0.717, 1.165) is 48.5 Å². The van der Waals surface area contributed by atoms with Crippen molar-refractivity contribution in [2.45, 2.75) is 6.92 Å². The Kier molecular flexibility index (Phi) is 6.10. The predicted molar refractivity (Wildman–Crippen MR) is 105 cm³/mol. The fraction of sp³-hybridized carbons (Fsp3) is 0.350. The Hall–Kier alpha value is -1.85. The third kappa shape index (κ3) is 5.06. The third-order valence-electron chi connectivity index (χ3n) is 4.48. The molecule has 0 N–H and O–H groups in total. The van der Waals surface area contributed by atoms with Gasteiger partial charge in [0, 0.05) is 48.4 Å². The lowest BCUT2D eigenvalue weighted by Crippen LogP contribution is -2.47. The monoisotopic (exact) mass is 402 g/mol. The van der Waals surface area contributed by atoms with Crippen LogP contribution in [0.5, 0.6) is 5.75 Å². The first kappa shape index (κ1) is 18.0. The zero-order valence-corrected chi connectivity index (χ0v) is 16.0. The molecule has 1 fully saturated rings. The second-order valence-electron chi connectivity index (χ2n) is 6.24. The molecule has 0 unspecified atom stereocenters. The maximum absolute atomic E-state index is 11.4. The highest BCUT2D eigenvalue weighted by molar-refractivity contribution is 9.10. The minimum Gasteiger partial charge on any atom is -0.492 e. The van der Waals surface area contributed by atoms with Gasteiger partial charge in [-0.1, -0.05) is 22.0 Å². The first-order valence-corrected chi connectivity index (χ1v) is 9.38. The van der Waals surface area contributed by atoms with Gasteiger partial charge in [-0.05, 0) is 49.4 Å². The number of Topliss-reactive ketones (excluding diaryl/α,β-unsaturated/α-hetero) is 1. The first-order valence-electron chi connectivity index (χ1n) is 8.58. The molecule has 0 saturated carbocycles. The Morgan fingerprint density at radius 3 is 2.44 bits per heavy atom. The van der Waals surface area contributed by atoms with E-state index in [1.807, 2.05) is 48.5 Å². The Labute approximate surface area is 157 Å². The number of ketones is 1. The van der Waals surface area contributed by atoms with Gasteiger partial charge in [0.2, 0.25) is 0 Å². The Morgan fingerprint density at radius 1 is 1.08 bits per heavy atom. The number of piperazine rings is 1. The molecule has 0 atom stereocenters. The summed E-state index contributed by atoms with van der Waals surface area (Å²) in [4.78, 5) is 16.2. The van der Waals surface area contributed by atoms with Crippen LogP contribution in [0.15, 0.2) is 53.0 Å². The molecule has 2 aromatic rings. The molecular formula is C20H23BrN2O2. The molecule has 0 amide bonds. The summed E-state index contributed by atoms with van der Waals surface area (Å²) in [7, 11) is 0. The van der Waals surface area contributed by atoms with E-state index in [9.17, 15) is 4.79 Å². The number of carbonyl (C=O) groups is 1. The lowest BCUT2D eigenvalue weighted by molar-refractivity contribution is 0.101. The number of hydrogen-bond acceptors (Lipinski definition) is 4. The van der Waals surface area contributed by atoms with Gasteiger partial charge in [-0.3, -0.25) is 9.69 Å². The van der Waals surface area contributed by atoms with E-state index in [0.29, 0.717) is 6.61 Å². The van der Waals surface area contributed by atoms with Crippen LogP contribution in [0.3, 0.4) is 0 Å². The van der Waals surface area contributed by atoms with E-state index in [1.54, 1.807) is 6.92 Å². The van der Waals surface area contributed by atoms with Gasteiger partial charge in [0.1, 0.15) is 12.4 Å². The average molecular weight is 403 g/mol. The van der Waals surface area contributed by atoms with Crippen LogP contribution in [0.4, 0.5) is 5.69 Å². The minimum absolute atomic E-state index is 0.113. The Bertz CT molecular complexity index is 710. The van der Waals surface area contributed by atoms with Gasteiger partial charge in [0.05, 0.1) is 0 Å². The number of hydrogen-bond donors (Lipinski definition) is 0. The van der Waals surface area contributed by atoms with Gasteiger partial charge in [0.15, 0.2) is 5.78 Å². The van der Waals surface area contributed by atoms with Crippen LogP contribution in [0.1, 0.15) is 17.3 Å². The van der Waals surface area contributed by atoms with Gasteiger partial charge >= 0.3 is 0 Å². The largest absolute Gasteiger partial charge is 0.492 e. The highest BCUT2D eigenvalue weighted by Gasteiger charge is 2.17. The number of benzene rings is 2. The summed E-state index contributed by atoms with van der Waals surface area (Å²) in [5.41, 5.74) is 1.96. The van der Waals surface area contributed by atoms with Crippen molar-refractivity contribution in [3.05, 3.63) is 58.6 Å². The number of nitrogens with zero attached hydrogens (tertiary/aromatic N) is 2. The summed E-state index contributed by atoms with van der Waals surface area (Å²) in [6.07, 6.45) is 0. The summed E-state index contributed by atoms with van der Waals surface area (Å²) < 4.78 is 6.86. The molecule has 0 bridgehead atoms. The second-order valence-corrected chi connectivity index (χ2v) is 7.15. The third-order valence-corrected chi connectivity index (χ3v) is 4.98. The summed E-state index contributed by atoms with van der Waals surface area (Å²) in [5.74, 6) is 1.01. The highest BCUT2D eigenvalue weighted by Crippen LogP contribution is 2.19. The van der Waals surface area contributed by atoms with Crippen LogP contribution in [0.25, 0.3) is 0 Å². The van der Waals surface area contributed by atoms with Crippen LogP contribution in [0, 0.1) is 0 Å². The molecule has 3 rings (SSSR count). The topological polar surface area (TPSA) is 32.8 Å². The van der Waals surface area contributed by atoms with Crippen LogP contribution in [-0.2, 0) is 0 Å². The van der Waals surface area contributed by atoms with Gasteiger partial charge in [0.25, 0.3) is 0 Å². The smallest absolute Gasteiger partial charge is 0.159 e. The minimum atomic E-state index is 0.113. The highest BCUT2D eigenvalue weighted by atomic mass is 79.9. The maximum atomic E-state index is 11.4.